The Morgan fingerprint density at radius 1 is 0.931 bits per heavy atom. The van der Waals surface area contributed by atoms with Gasteiger partial charge in [0.1, 0.15) is 5.75 Å². The van der Waals surface area contributed by atoms with Crippen molar-refractivity contribution in [2.75, 3.05) is 0 Å². The number of benzene rings is 2. The highest BCUT2D eigenvalue weighted by Crippen LogP contribution is 2.51. The Morgan fingerprint density at radius 3 is 2.52 bits per heavy atom. The van der Waals surface area contributed by atoms with Crippen molar-refractivity contribution in [2.45, 2.75) is 44.3 Å². The summed E-state index contributed by atoms with van der Waals surface area (Å²) in [6, 6.07) is 17.1. The van der Waals surface area contributed by atoms with Crippen LogP contribution in [-0.2, 0) is 6.54 Å². The summed E-state index contributed by atoms with van der Waals surface area (Å²) < 4.78 is 11.4. The third kappa shape index (κ3) is 2.70. The minimum absolute atomic E-state index is 0.204. The van der Waals surface area contributed by atoms with E-state index in [1.165, 1.54) is 29.6 Å². The molecule has 0 saturated carbocycles. The van der Waals surface area contributed by atoms with Crippen LogP contribution in [0.1, 0.15) is 42.4 Å². The number of fused-ring (bicyclic) bond motifs is 4. The molecule has 6 rings (SSSR count). The lowest BCUT2D eigenvalue weighted by Crippen LogP contribution is -2.40. The SMILES string of the molecule is Oc1cccc2c1Oc1ccccc1C2=C1CC2CCC(C1)N2Cc1ccoc1. The van der Waals surface area contributed by atoms with Gasteiger partial charge in [-0.15, -0.1) is 0 Å². The zero-order valence-corrected chi connectivity index (χ0v) is 16.2. The highest BCUT2D eigenvalue weighted by atomic mass is 16.5. The number of hydrogen-bond donors (Lipinski definition) is 1. The van der Waals surface area contributed by atoms with Gasteiger partial charge in [0.05, 0.1) is 12.5 Å². The Kier molecular flexibility index (Phi) is 3.81. The number of aromatic hydroxyl groups is 1. The zero-order chi connectivity index (χ0) is 19.4. The van der Waals surface area contributed by atoms with Crippen LogP contribution < -0.4 is 4.74 Å². The van der Waals surface area contributed by atoms with Crippen LogP contribution >= 0.6 is 0 Å². The number of furan rings is 1. The molecule has 1 aromatic heterocycles. The topological polar surface area (TPSA) is 45.8 Å². The predicted octanol–water partition coefficient (Wildman–Crippen LogP) is 5.72. The van der Waals surface area contributed by atoms with E-state index in [-0.39, 0.29) is 5.75 Å². The van der Waals surface area contributed by atoms with Crippen molar-refractivity contribution >= 4 is 5.57 Å². The Balaban J connectivity index is 1.43. The van der Waals surface area contributed by atoms with Crippen LogP contribution in [0.4, 0.5) is 0 Å². The van der Waals surface area contributed by atoms with Gasteiger partial charge in [0.15, 0.2) is 11.5 Å². The Hall–Kier alpha value is -2.98. The standard InChI is InChI=1S/C25H23NO3/c27-22-6-3-5-21-24(20-4-1-2-7-23(20)29-25(21)22)17-12-18-8-9-19(13-17)26(18)14-16-10-11-28-15-16/h1-7,10-11,15,18-19,27H,8-9,12-14H2. The monoisotopic (exact) mass is 385 g/mol. The Morgan fingerprint density at radius 2 is 1.72 bits per heavy atom. The largest absolute Gasteiger partial charge is 0.504 e. The van der Waals surface area contributed by atoms with Crippen molar-refractivity contribution in [3.8, 4) is 17.2 Å². The highest BCUT2D eigenvalue weighted by Gasteiger charge is 2.40. The molecule has 3 aromatic rings. The first-order valence-corrected chi connectivity index (χ1v) is 10.4. The molecule has 2 bridgehead atoms. The number of para-hydroxylation sites is 2. The van der Waals surface area contributed by atoms with Gasteiger partial charge in [0.2, 0.25) is 0 Å². The number of ether oxygens (including phenoxy) is 1. The highest BCUT2D eigenvalue weighted by molar-refractivity contribution is 5.91. The van der Waals surface area contributed by atoms with E-state index >= 15 is 0 Å². The third-order valence-electron chi connectivity index (χ3n) is 6.67. The van der Waals surface area contributed by atoms with Crippen molar-refractivity contribution < 1.29 is 14.3 Å². The summed E-state index contributed by atoms with van der Waals surface area (Å²) in [5.41, 5.74) is 6.16. The van der Waals surface area contributed by atoms with E-state index in [1.807, 2.05) is 24.5 Å². The van der Waals surface area contributed by atoms with Gasteiger partial charge in [-0.1, -0.05) is 35.9 Å². The molecule has 3 aliphatic rings. The second-order valence-electron chi connectivity index (χ2n) is 8.33. The molecule has 2 saturated heterocycles. The van der Waals surface area contributed by atoms with E-state index < -0.39 is 0 Å². The minimum atomic E-state index is 0.204. The van der Waals surface area contributed by atoms with Gasteiger partial charge in [-0.3, -0.25) is 4.90 Å². The molecule has 1 N–H and O–H groups in total. The molecule has 0 spiro atoms. The molecule has 4 nitrogen and oxygen atoms in total. The van der Waals surface area contributed by atoms with Crippen LogP contribution in [0.3, 0.4) is 0 Å². The van der Waals surface area contributed by atoms with E-state index in [0.717, 1.165) is 36.3 Å². The first-order valence-electron chi connectivity index (χ1n) is 10.4. The molecule has 3 aliphatic heterocycles. The second-order valence-corrected chi connectivity index (χ2v) is 8.33. The maximum atomic E-state index is 10.4. The molecule has 146 valence electrons. The van der Waals surface area contributed by atoms with Gasteiger partial charge in [0, 0.05) is 35.3 Å². The summed E-state index contributed by atoms with van der Waals surface area (Å²) in [5.74, 6) is 1.62. The average molecular weight is 385 g/mol. The summed E-state index contributed by atoms with van der Waals surface area (Å²) in [7, 11) is 0. The normalized spacial score (nSPS) is 22.9. The van der Waals surface area contributed by atoms with Crippen LogP contribution in [-0.4, -0.2) is 22.1 Å². The molecule has 29 heavy (non-hydrogen) atoms. The van der Waals surface area contributed by atoms with Crippen LogP contribution in [0.2, 0.25) is 0 Å². The Bertz CT molecular complexity index is 1080. The number of rotatable bonds is 2. The van der Waals surface area contributed by atoms with Gasteiger partial charge in [-0.25, -0.2) is 0 Å². The molecule has 0 aliphatic carbocycles. The summed E-state index contributed by atoms with van der Waals surface area (Å²) in [6.45, 7) is 0.964. The lowest BCUT2D eigenvalue weighted by molar-refractivity contribution is 0.157. The molecule has 2 fully saturated rings. The van der Waals surface area contributed by atoms with Gasteiger partial charge in [-0.05, 0) is 49.5 Å². The summed E-state index contributed by atoms with van der Waals surface area (Å²) in [6.07, 6.45) is 8.23. The fraction of sp³-hybridized carbons (Fsp3) is 0.280. The molecular formula is C25H23NO3. The summed E-state index contributed by atoms with van der Waals surface area (Å²) in [5, 5.41) is 10.4. The molecule has 0 amide bonds. The second kappa shape index (κ2) is 6.53. The first-order chi connectivity index (χ1) is 14.3. The molecular weight excluding hydrogens is 362 g/mol. The van der Waals surface area contributed by atoms with Crippen molar-refractivity contribution in [1.29, 1.82) is 0 Å². The minimum Gasteiger partial charge on any atom is -0.504 e. The van der Waals surface area contributed by atoms with Crippen molar-refractivity contribution in [3.63, 3.8) is 0 Å². The van der Waals surface area contributed by atoms with Crippen LogP contribution in [0.25, 0.3) is 5.57 Å². The lowest BCUT2D eigenvalue weighted by Gasteiger charge is -2.38. The molecule has 4 heteroatoms. The number of phenols is 1. The summed E-state index contributed by atoms with van der Waals surface area (Å²) in [4.78, 5) is 2.66. The van der Waals surface area contributed by atoms with E-state index in [0.29, 0.717) is 17.8 Å². The average Bonchev–Trinajstić information content (AvgIpc) is 3.32. The van der Waals surface area contributed by atoms with Crippen molar-refractivity contribution in [3.05, 3.63) is 83.3 Å². The first kappa shape index (κ1) is 16.9. The fourth-order valence-electron chi connectivity index (χ4n) is 5.39. The van der Waals surface area contributed by atoms with Crippen LogP contribution in [0.5, 0.6) is 17.2 Å². The Labute approximate surface area is 170 Å². The quantitative estimate of drug-likeness (QED) is 0.479. The predicted molar refractivity (Wildman–Crippen MR) is 111 cm³/mol. The van der Waals surface area contributed by atoms with E-state index in [2.05, 4.69) is 29.2 Å². The van der Waals surface area contributed by atoms with Crippen molar-refractivity contribution in [1.82, 2.24) is 4.90 Å². The smallest absolute Gasteiger partial charge is 0.176 e. The van der Waals surface area contributed by atoms with Gasteiger partial charge >= 0.3 is 0 Å². The molecule has 4 heterocycles. The lowest BCUT2D eigenvalue weighted by atomic mass is 9.84. The summed E-state index contributed by atoms with van der Waals surface area (Å²) >= 11 is 0. The molecule has 0 radical (unpaired) electrons. The fourth-order valence-corrected chi connectivity index (χ4v) is 5.39. The molecule has 2 atom stereocenters. The van der Waals surface area contributed by atoms with Gasteiger partial charge < -0.3 is 14.3 Å². The van der Waals surface area contributed by atoms with E-state index in [9.17, 15) is 5.11 Å². The number of phenolic OH excluding ortho intramolecular Hbond substituents is 1. The van der Waals surface area contributed by atoms with Gasteiger partial charge in [0.25, 0.3) is 0 Å². The van der Waals surface area contributed by atoms with Crippen LogP contribution in [0, 0.1) is 0 Å². The van der Waals surface area contributed by atoms with Crippen molar-refractivity contribution in [2.24, 2.45) is 0 Å². The molecule has 2 unspecified atom stereocenters. The number of hydrogen-bond acceptors (Lipinski definition) is 4. The number of nitrogens with zero attached hydrogens (tertiary/aromatic N) is 1. The van der Waals surface area contributed by atoms with Gasteiger partial charge in [-0.2, -0.15) is 0 Å². The van der Waals surface area contributed by atoms with Crippen LogP contribution in [0.15, 0.2) is 71.0 Å². The maximum Gasteiger partial charge on any atom is 0.176 e. The van der Waals surface area contributed by atoms with E-state index in [1.54, 1.807) is 12.3 Å². The van der Waals surface area contributed by atoms with E-state index in [4.69, 9.17) is 9.15 Å². The maximum absolute atomic E-state index is 10.4. The third-order valence-corrected chi connectivity index (χ3v) is 6.67. The zero-order valence-electron chi connectivity index (χ0n) is 16.2. The number of piperidine rings is 1. The molecule has 2 aromatic carbocycles.